The van der Waals surface area contributed by atoms with Crippen molar-refractivity contribution in [1.82, 2.24) is 16.0 Å². The lowest BCUT2D eigenvalue weighted by Crippen LogP contribution is -2.51. The maximum absolute atomic E-state index is 13.7. The van der Waals surface area contributed by atoms with Gasteiger partial charge in [-0.15, -0.1) is 0 Å². The number of nitrogens with one attached hydrogen (secondary N) is 3. The van der Waals surface area contributed by atoms with Gasteiger partial charge >= 0.3 is 6.09 Å². The van der Waals surface area contributed by atoms with Crippen LogP contribution in [0.4, 0.5) is 4.79 Å². The molecule has 0 aromatic heterocycles. The summed E-state index contributed by atoms with van der Waals surface area (Å²) in [5.41, 5.74) is 7.07. The number of benzene rings is 3. The van der Waals surface area contributed by atoms with Crippen molar-refractivity contribution in [2.45, 2.75) is 76.8 Å². The van der Waals surface area contributed by atoms with E-state index in [9.17, 15) is 24.3 Å². The molecule has 10 nitrogen and oxygen atoms in total. The van der Waals surface area contributed by atoms with Crippen LogP contribution in [0.5, 0.6) is 0 Å². The zero-order valence-electron chi connectivity index (χ0n) is 26.2. The Labute approximate surface area is 264 Å². The van der Waals surface area contributed by atoms with Crippen molar-refractivity contribution >= 4 is 23.8 Å². The van der Waals surface area contributed by atoms with Crippen LogP contribution in [0.15, 0.2) is 91.0 Å². The summed E-state index contributed by atoms with van der Waals surface area (Å²) in [6, 6.07) is 24.4. The summed E-state index contributed by atoms with van der Waals surface area (Å²) in [7, 11) is 0. The molecule has 0 fully saturated rings. The molecule has 5 unspecified atom stereocenters. The maximum atomic E-state index is 13.7. The lowest BCUT2D eigenvalue weighted by molar-refractivity contribution is -0.132. The highest BCUT2D eigenvalue weighted by atomic mass is 16.6. The monoisotopic (exact) mass is 616 g/mol. The van der Waals surface area contributed by atoms with Crippen LogP contribution in [-0.4, -0.2) is 52.7 Å². The van der Waals surface area contributed by atoms with Gasteiger partial charge in [0.2, 0.25) is 17.7 Å². The minimum atomic E-state index is -1.14. The van der Waals surface area contributed by atoms with E-state index in [1.807, 2.05) is 60.7 Å². The molecule has 3 rings (SSSR count). The first kappa shape index (κ1) is 34.8. The first-order chi connectivity index (χ1) is 21.3. The fraction of sp³-hybridized carbons (Fsp3) is 0.371. The minimum Gasteiger partial charge on any atom is -0.444 e. The molecule has 240 valence electrons. The van der Waals surface area contributed by atoms with Gasteiger partial charge in [-0.25, -0.2) is 4.79 Å². The number of ether oxygens (including phenoxy) is 1. The van der Waals surface area contributed by atoms with Crippen LogP contribution in [0.25, 0.3) is 0 Å². The predicted octanol–water partition coefficient (Wildman–Crippen LogP) is 3.58. The van der Waals surface area contributed by atoms with Gasteiger partial charge in [0.1, 0.15) is 17.7 Å². The number of rotatable bonds is 14. The summed E-state index contributed by atoms with van der Waals surface area (Å²) in [6.45, 7) is 6.75. The number of amides is 4. The molecule has 3 aromatic carbocycles. The number of primary amides is 1. The Morgan fingerprint density at radius 2 is 1.27 bits per heavy atom. The first-order valence-electron chi connectivity index (χ1n) is 15.0. The number of alkyl carbamates (subject to hydrolysis) is 1. The molecule has 0 saturated heterocycles. The standard InChI is InChI=1S/C35H44N4O6/c1-23(32(42)39-30(31(36)41)26-18-12-7-13-19-26)37-33(43)27(20-24-14-8-5-9-15-24)22-29(40)28(21-25-16-10-6-11-17-25)38-34(44)45-35(2,3)4/h5-19,23,27-30,40H,20-22H2,1-4H3,(H2,36,41)(H,37,43)(H,38,44)(H,39,42). The quantitative estimate of drug-likeness (QED) is 0.186. The van der Waals surface area contributed by atoms with Gasteiger partial charge in [0.15, 0.2) is 0 Å². The van der Waals surface area contributed by atoms with E-state index in [1.165, 1.54) is 6.92 Å². The van der Waals surface area contributed by atoms with E-state index in [0.29, 0.717) is 12.0 Å². The van der Waals surface area contributed by atoms with Gasteiger partial charge < -0.3 is 31.5 Å². The van der Waals surface area contributed by atoms with E-state index in [-0.39, 0.29) is 12.8 Å². The van der Waals surface area contributed by atoms with E-state index >= 15 is 0 Å². The third kappa shape index (κ3) is 11.7. The van der Waals surface area contributed by atoms with Gasteiger partial charge in [0, 0.05) is 5.92 Å². The van der Waals surface area contributed by atoms with Crippen molar-refractivity contribution in [3.8, 4) is 0 Å². The highest BCUT2D eigenvalue weighted by Crippen LogP contribution is 2.20. The van der Waals surface area contributed by atoms with E-state index in [4.69, 9.17) is 10.5 Å². The van der Waals surface area contributed by atoms with Crippen molar-refractivity contribution in [2.24, 2.45) is 11.7 Å². The highest BCUT2D eigenvalue weighted by molar-refractivity contribution is 5.92. The summed E-state index contributed by atoms with van der Waals surface area (Å²) in [5.74, 6) is -2.56. The molecule has 0 heterocycles. The number of carbonyl (C=O) groups excluding carboxylic acids is 4. The normalized spacial score (nSPS) is 14.6. The summed E-state index contributed by atoms with van der Waals surface area (Å²) in [4.78, 5) is 51.6. The molecule has 0 aliphatic heterocycles. The molecule has 10 heteroatoms. The second-order valence-electron chi connectivity index (χ2n) is 12.1. The Balaban J connectivity index is 1.78. The molecule has 0 saturated carbocycles. The number of hydrogen-bond donors (Lipinski definition) is 5. The van der Waals surface area contributed by atoms with Crippen molar-refractivity contribution in [3.63, 3.8) is 0 Å². The SMILES string of the molecule is CC(NC(=O)C(Cc1ccccc1)CC(O)C(Cc1ccccc1)NC(=O)OC(C)(C)C)C(=O)NC(C(N)=O)c1ccccc1. The van der Waals surface area contributed by atoms with Gasteiger partial charge in [0.25, 0.3) is 0 Å². The molecule has 0 bridgehead atoms. The summed E-state index contributed by atoms with van der Waals surface area (Å²) in [6.07, 6.45) is -1.27. The van der Waals surface area contributed by atoms with Crippen molar-refractivity contribution in [1.29, 1.82) is 0 Å². The van der Waals surface area contributed by atoms with Crippen LogP contribution in [0.1, 0.15) is 56.8 Å². The second-order valence-corrected chi connectivity index (χ2v) is 12.1. The molecule has 4 amide bonds. The fourth-order valence-corrected chi connectivity index (χ4v) is 4.88. The van der Waals surface area contributed by atoms with E-state index in [1.54, 1.807) is 51.1 Å². The van der Waals surface area contributed by atoms with Crippen molar-refractivity contribution in [2.75, 3.05) is 0 Å². The third-order valence-corrected chi connectivity index (χ3v) is 7.14. The molecule has 0 aliphatic rings. The van der Waals surface area contributed by atoms with E-state index < -0.39 is 59.6 Å². The van der Waals surface area contributed by atoms with Gasteiger partial charge in [-0.05, 0) is 63.6 Å². The summed E-state index contributed by atoms with van der Waals surface area (Å²) >= 11 is 0. The van der Waals surface area contributed by atoms with Gasteiger partial charge in [-0.2, -0.15) is 0 Å². The Morgan fingerprint density at radius 3 is 1.78 bits per heavy atom. The Kier molecular flexibility index (Phi) is 12.7. The maximum Gasteiger partial charge on any atom is 0.407 e. The molecule has 3 aromatic rings. The van der Waals surface area contributed by atoms with Crippen LogP contribution < -0.4 is 21.7 Å². The summed E-state index contributed by atoms with van der Waals surface area (Å²) < 4.78 is 5.45. The molecule has 0 spiro atoms. The van der Waals surface area contributed by atoms with Crippen LogP contribution in [0.2, 0.25) is 0 Å². The zero-order chi connectivity index (χ0) is 33.0. The average molecular weight is 617 g/mol. The van der Waals surface area contributed by atoms with Crippen LogP contribution in [-0.2, 0) is 32.0 Å². The van der Waals surface area contributed by atoms with Crippen molar-refractivity contribution < 1.29 is 29.0 Å². The number of nitrogens with two attached hydrogens (primary N) is 1. The van der Waals surface area contributed by atoms with Crippen LogP contribution >= 0.6 is 0 Å². The van der Waals surface area contributed by atoms with Crippen LogP contribution in [0.3, 0.4) is 0 Å². The fourth-order valence-electron chi connectivity index (χ4n) is 4.88. The Hall–Kier alpha value is -4.70. The van der Waals surface area contributed by atoms with Crippen LogP contribution in [0, 0.1) is 5.92 Å². The summed E-state index contributed by atoms with van der Waals surface area (Å²) in [5, 5.41) is 19.6. The van der Waals surface area contributed by atoms with E-state index in [0.717, 1.165) is 11.1 Å². The van der Waals surface area contributed by atoms with E-state index in [2.05, 4.69) is 16.0 Å². The van der Waals surface area contributed by atoms with Gasteiger partial charge in [-0.1, -0.05) is 91.0 Å². The number of aliphatic hydroxyl groups excluding tert-OH is 1. The average Bonchev–Trinajstić information content (AvgIpc) is 2.99. The Morgan fingerprint density at radius 1 is 0.756 bits per heavy atom. The molecular formula is C35H44N4O6. The molecule has 45 heavy (non-hydrogen) atoms. The topological polar surface area (TPSA) is 160 Å². The van der Waals surface area contributed by atoms with Gasteiger partial charge in [0.05, 0.1) is 12.1 Å². The molecule has 0 aliphatic carbocycles. The number of carbonyl (C=O) groups is 4. The molecular weight excluding hydrogens is 572 g/mol. The Bertz CT molecular complexity index is 1400. The molecule has 5 atom stereocenters. The predicted molar refractivity (Wildman–Crippen MR) is 172 cm³/mol. The van der Waals surface area contributed by atoms with Gasteiger partial charge in [-0.3, -0.25) is 14.4 Å². The lowest BCUT2D eigenvalue weighted by atomic mass is 9.88. The molecule has 0 radical (unpaired) electrons. The van der Waals surface area contributed by atoms with Crippen molar-refractivity contribution in [3.05, 3.63) is 108 Å². The number of hydrogen-bond acceptors (Lipinski definition) is 6. The zero-order valence-corrected chi connectivity index (χ0v) is 26.2. The minimum absolute atomic E-state index is 0.0176. The lowest BCUT2D eigenvalue weighted by Gasteiger charge is -2.29. The molecule has 6 N–H and O–H groups in total. The first-order valence-corrected chi connectivity index (χ1v) is 15.0. The number of aliphatic hydroxyl groups is 1. The third-order valence-electron chi connectivity index (χ3n) is 7.14. The smallest absolute Gasteiger partial charge is 0.407 e. The largest absolute Gasteiger partial charge is 0.444 e. The second kappa shape index (κ2) is 16.4. The highest BCUT2D eigenvalue weighted by Gasteiger charge is 2.32.